The van der Waals surface area contributed by atoms with E-state index in [-0.39, 0.29) is 0 Å². The van der Waals surface area contributed by atoms with Gasteiger partial charge in [0.05, 0.1) is 0 Å². The molecule has 0 fully saturated rings. The summed E-state index contributed by atoms with van der Waals surface area (Å²) in [6, 6.07) is 18.3. The first-order chi connectivity index (χ1) is 9.97. The number of hydrogen-bond donors (Lipinski definition) is 0. The molecule has 0 aliphatic carbocycles. The van der Waals surface area contributed by atoms with E-state index in [9.17, 15) is 0 Å². The summed E-state index contributed by atoms with van der Waals surface area (Å²) in [5, 5.41) is 0. The summed E-state index contributed by atoms with van der Waals surface area (Å²) in [4.78, 5) is 0. The quantitative estimate of drug-likeness (QED) is 0.687. The Morgan fingerprint density at radius 2 is 1.29 bits per heavy atom. The van der Waals surface area contributed by atoms with Crippen molar-refractivity contribution in [1.29, 1.82) is 0 Å². The van der Waals surface area contributed by atoms with Gasteiger partial charge in [-0.15, -0.1) is 0 Å². The van der Waals surface area contributed by atoms with Gasteiger partial charge in [0.25, 0.3) is 0 Å². The predicted molar refractivity (Wildman–Crippen MR) is 90.3 cm³/mol. The summed E-state index contributed by atoms with van der Waals surface area (Å²) in [6.45, 7) is 9.15. The van der Waals surface area contributed by atoms with Gasteiger partial charge < -0.3 is 0 Å². The number of benzene rings is 2. The van der Waals surface area contributed by atoms with Crippen LogP contribution in [0.5, 0.6) is 0 Å². The first kappa shape index (κ1) is 17.0. The van der Waals surface area contributed by atoms with Crippen LogP contribution in [0.1, 0.15) is 48.8 Å². The average Bonchev–Trinajstić information content (AvgIpc) is 2.47. The van der Waals surface area contributed by atoms with E-state index in [1.165, 1.54) is 59.3 Å². The molecule has 0 aromatic heterocycles. The molecule has 0 radical (unpaired) electrons. The third-order valence-corrected chi connectivity index (χ3v) is 5.33. The van der Waals surface area contributed by atoms with Crippen molar-refractivity contribution in [3.8, 4) is 0 Å². The van der Waals surface area contributed by atoms with Gasteiger partial charge in [-0.1, -0.05) is 0 Å². The van der Waals surface area contributed by atoms with E-state index in [1.807, 2.05) is 0 Å². The van der Waals surface area contributed by atoms with E-state index in [4.69, 9.17) is 0 Å². The molecule has 0 saturated carbocycles. The fraction of sp³-hybridized carbons (Fsp3) is 0.368. The van der Waals surface area contributed by atoms with Crippen molar-refractivity contribution in [2.75, 3.05) is 0 Å². The molecule has 2 unspecified atom stereocenters. The molecule has 0 N–H and O–H groups in total. The monoisotopic (exact) mass is 352 g/mol. The molecular formula is C19H24BY. The number of rotatable bonds is 5. The summed E-state index contributed by atoms with van der Waals surface area (Å²) in [7, 11) is 0. The van der Waals surface area contributed by atoms with Gasteiger partial charge in [0.2, 0.25) is 0 Å². The molecule has 2 heteroatoms. The van der Waals surface area contributed by atoms with E-state index in [2.05, 4.69) is 76.1 Å². The van der Waals surface area contributed by atoms with Crippen LogP contribution in [0.25, 0.3) is 0 Å². The Morgan fingerprint density at radius 3 is 1.71 bits per heavy atom. The van der Waals surface area contributed by atoms with Gasteiger partial charge in [-0.3, -0.25) is 0 Å². The fourth-order valence-corrected chi connectivity index (χ4v) is 3.37. The van der Waals surface area contributed by atoms with Gasteiger partial charge in [-0.2, -0.15) is 0 Å². The third-order valence-electron chi connectivity index (χ3n) is 4.38. The molecular weight excluding hydrogens is 328 g/mol. The van der Waals surface area contributed by atoms with Crippen molar-refractivity contribution < 1.29 is 30.7 Å². The summed E-state index contributed by atoms with van der Waals surface area (Å²) in [6.07, 6.45) is 1.21. The second-order valence-electron chi connectivity index (χ2n) is 6.40. The zero-order valence-corrected chi connectivity index (χ0v) is 16.5. The summed E-state index contributed by atoms with van der Waals surface area (Å²) in [5.74, 6) is 1.22. The maximum absolute atomic E-state index is 2.35. The molecule has 0 aliphatic rings. The van der Waals surface area contributed by atoms with Gasteiger partial charge >= 0.3 is 144 Å². The number of aryl methyl sites for hydroxylation is 1. The predicted octanol–water partition coefficient (Wildman–Crippen LogP) is 4.67. The minimum absolute atomic E-state index is 0.609. The molecule has 21 heavy (non-hydrogen) atoms. The van der Waals surface area contributed by atoms with Crippen molar-refractivity contribution in [2.24, 2.45) is 0 Å². The average molecular weight is 352 g/mol. The molecule has 0 saturated heterocycles. The van der Waals surface area contributed by atoms with E-state index in [1.54, 1.807) is 0 Å². The van der Waals surface area contributed by atoms with E-state index >= 15 is 0 Å². The second kappa shape index (κ2) is 7.75. The Kier molecular flexibility index (Phi) is 6.26. The molecule has 0 amide bonds. The molecule has 0 aliphatic heterocycles. The molecule has 0 spiro atoms. The van der Waals surface area contributed by atoms with Gasteiger partial charge in [0.15, 0.2) is 0 Å². The van der Waals surface area contributed by atoms with Crippen LogP contribution in [0.3, 0.4) is 0 Å². The van der Waals surface area contributed by atoms with Crippen molar-refractivity contribution in [3.63, 3.8) is 0 Å². The Morgan fingerprint density at radius 1 is 0.857 bits per heavy atom. The molecule has 0 nitrogen and oxygen atoms in total. The fourth-order valence-electron chi connectivity index (χ4n) is 2.83. The minimum atomic E-state index is 0.609. The first-order valence-corrected chi connectivity index (χ1v) is 9.53. The van der Waals surface area contributed by atoms with E-state index in [0.717, 1.165) is 3.29 Å². The molecule has 106 valence electrons. The van der Waals surface area contributed by atoms with Crippen molar-refractivity contribution in [1.82, 2.24) is 0 Å². The van der Waals surface area contributed by atoms with Crippen LogP contribution >= 0.6 is 0 Å². The summed E-state index contributed by atoms with van der Waals surface area (Å²) in [5.41, 5.74) is 5.75. The standard InChI is InChI=1S/C19H24B.Y/c1-14-5-7-17(8-6-14)15(2)13-16(3)18-9-11-19(20-4)12-10-18;/h5-12,15-16H,13H2,1-4H3;/q+1;-1. The van der Waals surface area contributed by atoms with Crippen LogP contribution in [-0.4, -0.2) is 3.29 Å². The normalized spacial score (nSPS) is 13.7. The van der Waals surface area contributed by atoms with Crippen LogP contribution in [0.15, 0.2) is 48.5 Å². The van der Waals surface area contributed by atoms with Crippen molar-refractivity contribution in [2.45, 2.75) is 45.9 Å². The van der Waals surface area contributed by atoms with Crippen molar-refractivity contribution in [3.05, 3.63) is 65.2 Å². The van der Waals surface area contributed by atoms with Crippen LogP contribution in [0.4, 0.5) is 0 Å². The topological polar surface area (TPSA) is 0 Å². The van der Waals surface area contributed by atoms with Gasteiger partial charge in [-0.05, 0) is 6.92 Å². The zero-order chi connectivity index (χ0) is 15.4. The molecule has 2 aromatic rings. The SMILES string of the molecule is C[B]([Y])c1ccc(C(C)CC(C)c2ccc(C)cc2)cc1. The molecule has 2 rings (SSSR count). The van der Waals surface area contributed by atoms with Gasteiger partial charge in [0, 0.05) is 0 Å². The molecule has 0 heterocycles. The molecule has 2 atom stereocenters. The zero-order valence-electron chi connectivity index (χ0n) is 13.6. The maximum atomic E-state index is 2.35. The van der Waals surface area contributed by atoms with Gasteiger partial charge in [0.1, 0.15) is 0 Å². The van der Waals surface area contributed by atoms with E-state index in [0.29, 0.717) is 11.8 Å². The van der Waals surface area contributed by atoms with Gasteiger partial charge in [-0.25, -0.2) is 0 Å². The van der Waals surface area contributed by atoms with E-state index < -0.39 is 0 Å². The van der Waals surface area contributed by atoms with Crippen molar-refractivity contribution >= 4 is 8.75 Å². The molecule has 2 aromatic carbocycles. The Balaban J connectivity index is 2.03. The van der Waals surface area contributed by atoms with Crippen LogP contribution in [0, 0.1) is 6.92 Å². The Hall–Kier alpha value is -0.391. The summed E-state index contributed by atoms with van der Waals surface area (Å²) < 4.78 is 0.742. The Labute approximate surface area is 149 Å². The Bertz CT molecular complexity index is 557. The van der Waals surface area contributed by atoms with Crippen LogP contribution in [-0.2, 0) is 30.7 Å². The summed E-state index contributed by atoms with van der Waals surface area (Å²) >= 11 is 1.30. The number of hydrogen-bond acceptors (Lipinski definition) is 0. The second-order valence-corrected chi connectivity index (χ2v) is 8.86. The molecule has 0 bridgehead atoms. The van der Waals surface area contributed by atoms with Crippen LogP contribution < -0.4 is 5.46 Å². The third kappa shape index (κ3) is 4.80. The van der Waals surface area contributed by atoms with Crippen LogP contribution in [0.2, 0.25) is 6.82 Å². The first-order valence-electron chi connectivity index (χ1n) is 7.89.